The van der Waals surface area contributed by atoms with Crippen molar-refractivity contribution in [1.29, 1.82) is 0 Å². The van der Waals surface area contributed by atoms with Crippen molar-refractivity contribution in [3.63, 3.8) is 0 Å². The molecule has 0 fully saturated rings. The number of amides is 2. The molecule has 4 rings (SSSR count). The summed E-state index contributed by atoms with van der Waals surface area (Å²) >= 11 is 0. The lowest BCUT2D eigenvalue weighted by Crippen LogP contribution is -2.50. The Kier molecular flexibility index (Phi) is 6.03. The van der Waals surface area contributed by atoms with Crippen LogP contribution in [0, 0.1) is 13.8 Å². The molecule has 0 radical (unpaired) electrons. The van der Waals surface area contributed by atoms with Gasteiger partial charge < -0.3 is 10.1 Å². The normalized spacial score (nSPS) is 15.2. The van der Waals surface area contributed by atoms with E-state index in [0.29, 0.717) is 13.0 Å². The molecule has 1 atom stereocenters. The van der Waals surface area contributed by atoms with E-state index in [9.17, 15) is 9.59 Å². The zero-order valence-electron chi connectivity index (χ0n) is 17.8. The number of rotatable bonds is 4. The second-order valence-corrected chi connectivity index (χ2v) is 7.89. The molecule has 3 aromatic rings. The number of carbonyl (C=O) groups excluding carboxylic acids is 2. The maximum Gasteiger partial charge on any atom is 0.411 e. The summed E-state index contributed by atoms with van der Waals surface area (Å²) in [6.45, 7) is 4.50. The molecule has 0 spiro atoms. The van der Waals surface area contributed by atoms with Gasteiger partial charge in [-0.2, -0.15) is 0 Å². The van der Waals surface area contributed by atoms with Crippen molar-refractivity contribution in [1.82, 2.24) is 4.90 Å². The third-order valence-corrected chi connectivity index (χ3v) is 5.85. The average molecular weight is 415 g/mol. The Morgan fingerprint density at radius 1 is 0.935 bits per heavy atom. The molecule has 0 aliphatic carbocycles. The van der Waals surface area contributed by atoms with Crippen LogP contribution in [-0.2, 0) is 29.1 Å². The summed E-state index contributed by atoms with van der Waals surface area (Å²) in [7, 11) is 0. The summed E-state index contributed by atoms with van der Waals surface area (Å²) in [5, 5.41) is 3.02. The number of hydrogen-bond donors (Lipinski definition) is 1. The van der Waals surface area contributed by atoms with E-state index in [4.69, 9.17) is 4.74 Å². The van der Waals surface area contributed by atoms with Gasteiger partial charge in [-0.25, -0.2) is 4.79 Å². The molecular formula is C26H26N2O3. The molecule has 0 aromatic heterocycles. The fourth-order valence-corrected chi connectivity index (χ4v) is 3.85. The van der Waals surface area contributed by atoms with Gasteiger partial charge >= 0.3 is 6.09 Å². The minimum atomic E-state index is -0.641. The molecule has 1 aliphatic heterocycles. The van der Waals surface area contributed by atoms with E-state index in [1.165, 1.54) is 4.90 Å². The largest absolute Gasteiger partial charge is 0.445 e. The van der Waals surface area contributed by atoms with Gasteiger partial charge in [0.25, 0.3) is 0 Å². The van der Waals surface area contributed by atoms with Crippen LogP contribution in [-0.4, -0.2) is 22.9 Å². The van der Waals surface area contributed by atoms with Crippen LogP contribution >= 0.6 is 0 Å². The molecule has 5 heteroatoms. The number of aryl methyl sites for hydroxylation is 1. The number of ether oxygens (including phenoxy) is 1. The summed E-state index contributed by atoms with van der Waals surface area (Å²) in [6.07, 6.45) is -0.0349. The van der Waals surface area contributed by atoms with Gasteiger partial charge in [-0.05, 0) is 47.7 Å². The maximum atomic E-state index is 13.3. The lowest BCUT2D eigenvalue weighted by Gasteiger charge is -2.35. The van der Waals surface area contributed by atoms with Crippen LogP contribution in [0.1, 0.15) is 27.8 Å². The van der Waals surface area contributed by atoms with Crippen molar-refractivity contribution in [2.24, 2.45) is 0 Å². The van der Waals surface area contributed by atoms with Crippen LogP contribution in [0.2, 0.25) is 0 Å². The lowest BCUT2D eigenvalue weighted by atomic mass is 9.93. The highest BCUT2D eigenvalue weighted by molar-refractivity contribution is 5.97. The van der Waals surface area contributed by atoms with Gasteiger partial charge in [0.05, 0.1) is 6.54 Å². The second kappa shape index (κ2) is 9.04. The van der Waals surface area contributed by atoms with Crippen LogP contribution in [0.25, 0.3) is 0 Å². The zero-order valence-corrected chi connectivity index (χ0v) is 17.8. The fraction of sp³-hybridized carbons (Fsp3) is 0.231. The van der Waals surface area contributed by atoms with E-state index in [1.807, 2.05) is 86.6 Å². The Hall–Kier alpha value is -3.60. The smallest absolute Gasteiger partial charge is 0.411 e. The van der Waals surface area contributed by atoms with E-state index >= 15 is 0 Å². The Bertz CT molecular complexity index is 1090. The first-order valence-electron chi connectivity index (χ1n) is 10.4. The Morgan fingerprint density at radius 2 is 1.65 bits per heavy atom. The molecule has 31 heavy (non-hydrogen) atoms. The van der Waals surface area contributed by atoms with Gasteiger partial charge in [0.15, 0.2) is 0 Å². The summed E-state index contributed by atoms with van der Waals surface area (Å²) in [4.78, 5) is 27.8. The van der Waals surface area contributed by atoms with E-state index in [2.05, 4.69) is 5.32 Å². The lowest BCUT2D eigenvalue weighted by molar-refractivity contribution is -0.121. The maximum absolute atomic E-state index is 13.3. The molecule has 5 nitrogen and oxygen atoms in total. The van der Waals surface area contributed by atoms with Crippen LogP contribution < -0.4 is 5.32 Å². The Balaban J connectivity index is 1.55. The predicted molar refractivity (Wildman–Crippen MR) is 121 cm³/mol. The number of benzene rings is 3. The minimum absolute atomic E-state index is 0.170. The number of nitrogens with zero attached hydrogens (tertiary/aromatic N) is 1. The van der Waals surface area contributed by atoms with Crippen LogP contribution in [0.3, 0.4) is 0 Å². The molecule has 2 amide bonds. The van der Waals surface area contributed by atoms with Crippen molar-refractivity contribution < 1.29 is 14.3 Å². The van der Waals surface area contributed by atoms with Gasteiger partial charge in [-0.1, -0.05) is 66.7 Å². The van der Waals surface area contributed by atoms with Crippen molar-refractivity contribution >= 4 is 17.7 Å². The monoisotopic (exact) mass is 414 g/mol. The van der Waals surface area contributed by atoms with Gasteiger partial charge in [0.2, 0.25) is 5.91 Å². The Labute approximate surface area is 182 Å². The quantitative estimate of drug-likeness (QED) is 0.653. The highest BCUT2D eigenvalue weighted by Crippen LogP contribution is 2.26. The molecule has 1 heterocycles. The van der Waals surface area contributed by atoms with Crippen LogP contribution in [0.4, 0.5) is 10.5 Å². The van der Waals surface area contributed by atoms with Gasteiger partial charge in [-0.3, -0.25) is 9.69 Å². The molecule has 158 valence electrons. The number of fused-ring (bicyclic) bond motifs is 1. The Morgan fingerprint density at radius 3 is 2.42 bits per heavy atom. The number of anilines is 1. The summed E-state index contributed by atoms with van der Waals surface area (Å²) < 4.78 is 5.56. The summed E-state index contributed by atoms with van der Waals surface area (Å²) in [5.74, 6) is -0.208. The molecule has 0 bridgehead atoms. The highest BCUT2D eigenvalue weighted by Gasteiger charge is 2.35. The second-order valence-electron chi connectivity index (χ2n) is 7.89. The topological polar surface area (TPSA) is 58.6 Å². The van der Waals surface area contributed by atoms with Crippen molar-refractivity contribution in [2.75, 3.05) is 5.32 Å². The number of nitrogens with one attached hydrogen (secondary N) is 1. The van der Waals surface area contributed by atoms with Crippen LogP contribution in [0.5, 0.6) is 0 Å². The third kappa shape index (κ3) is 4.61. The van der Waals surface area contributed by atoms with E-state index in [-0.39, 0.29) is 12.5 Å². The molecule has 1 N–H and O–H groups in total. The van der Waals surface area contributed by atoms with Gasteiger partial charge in [0, 0.05) is 12.1 Å². The molecular weight excluding hydrogens is 388 g/mol. The third-order valence-electron chi connectivity index (χ3n) is 5.85. The molecule has 0 unspecified atom stereocenters. The van der Waals surface area contributed by atoms with E-state index < -0.39 is 12.1 Å². The average Bonchev–Trinajstić information content (AvgIpc) is 2.80. The molecule has 0 saturated carbocycles. The van der Waals surface area contributed by atoms with Crippen molar-refractivity contribution in [3.05, 3.63) is 101 Å². The molecule has 3 aromatic carbocycles. The van der Waals surface area contributed by atoms with E-state index in [0.717, 1.165) is 33.5 Å². The van der Waals surface area contributed by atoms with Crippen molar-refractivity contribution in [3.8, 4) is 0 Å². The highest BCUT2D eigenvalue weighted by atomic mass is 16.6. The number of hydrogen-bond acceptors (Lipinski definition) is 3. The van der Waals surface area contributed by atoms with Crippen LogP contribution in [0.15, 0.2) is 72.8 Å². The summed E-state index contributed by atoms with van der Waals surface area (Å²) in [6, 6.07) is 22.6. The predicted octanol–water partition coefficient (Wildman–Crippen LogP) is 5.01. The fourth-order valence-electron chi connectivity index (χ4n) is 3.85. The SMILES string of the molecule is Cc1cccc(NC(=O)[C@@H]2Cc3ccccc3CN2C(=O)OCc2ccccc2)c1C. The van der Waals surface area contributed by atoms with Crippen molar-refractivity contribution in [2.45, 2.75) is 39.5 Å². The van der Waals surface area contributed by atoms with Gasteiger partial charge in [-0.15, -0.1) is 0 Å². The van der Waals surface area contributed by atoms with Gasteiger partial charge in [0.1, 0.15) is 12.6 Å². The minimum Gasteiger partial charge on any atom is -0.445 e. The first-order valence-corrected chi connectivity index (χ1v) is 10.4. The molecule has 0 saturated heterocycles. The number of carbonyl (C=O) groups is 2. The standard InChI is InChI=1S/C26H26N2O3/c1-18-9-8-14-23(19(18)2)27-25(29)24-15-21-12-6-7-13-22(21)16-28(24)26(30)31-17-20-10-4-3-5-11-20/h3-14,24H,15-17H2,1-2H3,(H,27,29)/t24-/m0/s1. The molecule has 1 aliphatic rings. The first-order chi connectivity index (χ1) is 15.0. The summed E-state index contributed by atoms with van der Waals surface area (Å²) in [5.41, 5.74) is 5.91. The van der Waals surface area contributed by atoms with E-state index in [1.54, 1.807) is 0 Å². The zero-order chi connectivity index (χ0) is 21.8. The first kappa shape index (κ1) is 20.7.